The Kier molecular flexibility index (Phi) is 4.66. The van der Waals surface area contributed by atoms with E-state index >= 15 is 0 Å². The fourth-order valence-electron chi connectivity index (χ4n) is 1.24. The average molecular weight is 189 g/mol. The van der Waals surface area contributed by atoms with Crippen LogP contribution in [-0.4, -0.2) is 11.5 Å². The molecule has 0 amide bonds. The van der Waals surface area contributed by atoms with Gasteiger partial charge in [0.25, 0.3) is 0 Å². The molecule has 1 N–H and O–H groups in total. The molecule has 3 heteroatoms. The first kappa shape index (κ1) is 10.7. The quantitative estimate of drug-likeness (QED) is 0.721. The predicted molar refractivity (Wildman–Crippen MR) is 55.5 cm³/mol. The SMILES string of the molecule is C[C@@H](NCCCC#N)c1cccnc1. The Morgan fingerprint density at radius 3 is 3.14 bits per heavy atom. The van der Waals surface area contributed by atoms with E-state index in [1.807, 2.05) is 12.3 Å². The van der Waals surface area contributed by atoms with Crippen molar-refractivity contribution in [3.8, 4) is 6.07 Å². The molecule has 74 valence electrons. The Labute approximate surface area is 84.8 Å². The van der Waals surface area contributed by atoms with Gasteiger partial charge in [-0.25, -0.2) is 0 Å². The van der Waals surface area contributed by atoms with Crippen molar-refractivity contribution in [1.29, 1.82) is 5.26 Å². The van der Waals surface area contributed by atoms with Gasteiger partial charge in [0.2, 0.25) is 0 Å². The van der Waals surface area contributed by atoms with Gasteiger partial charge in [0, 0.05) is 24.9 Å². The molecule has 1 rings (SSSR count). The molecule has 0 spiro atoms. The summed E-state index contributed by atoms with van der Waals surface area (Å²) in [6, 6.07) is 6.42. The number of hydrogen-bond donors (Lipinski definition) is 1. The van der Waals surface area contributed by atoms with E-state index in [1.54, 1.807) is 6.20 Å². The van der Waals surface area contributed by atoms with Gasteiger partial charge in [-0.3, -0.25) is 4.98 Å². The molecule has 0 aliphatic rings. The van der Waals surface area contributed by atoms with E-state index in [9.17, 15) is 0 Å². The molecule has 0 aromatic carbocycles. The third-order valence-electron chi connectivity index (χ3n) is 2.10. The molecule has 0 radical (unpaired) electrons. The Morgan fingerprint density at radius 1 is 1.64 bits per heavy atom. The summed E-state index contributed by atoms with van der Waals surface area (Å²) < 4.78 is 0. The molecule has 3 nitrogen and oxygen atoms in total. The lowest BCUT2D eigenvalue weighted by atomic mass is 10.1. The van der Waals surface area contributed by atoms with Crippen molar-refractivity contribution in [1.82, 2.24) is 10.3 Å². The predicted octanol–water partition coefficient (Wildman–Crippen LogP) is 2.04. The van der Waals surface area contributed by atoms with Crippen LogP contribution in [0.4, 0.5) is 0 Å². The van der Waals surface area contributed by atoms with E-state index in [2.05, 4.69) is 29.4 Å². The van der Waals surface area contributed by atoms with Crippen molar-refractivity contribution >= 4 is 0 Å². The van der Waals surface area contributed by atoms with Crippen LogP contribution in [0.25, 0.3) is 0 Å². The van der Waals surface area contributed by atoms with Crippen molar-refractivity contribution in [3.63, 3.8) is 0 Å². The van der Waals surface area contributed by atoms with Gasteiger partial charge in [-0.2, -0.15) is 5.26 Å². The van der Waals surface area contributed by atoms with Crippen LogP contribution < -0.4 is 5.32 Å². The van der Waals surface area contributed by atoms with Crippen LogP contribution in [0.15, 0.2) is 24.5 Å². The van der Waals surface area contributed by atoms with Gasteiger partial charge < -0.3 is 5.32 Å². The third-order valence-corrected chi connectivity index (χ3v) is 2.10. The first-order valence-electron chi connectivity index (χ1n) is 4.85. The number of nitrogens with one attached hydrogen (secondary N) is 1. The van der Waals surface area contributed by atoms with Gasteiger partial charge in [0.15, 0.2) is 0 Å². The minimum absolute atomic E-state index is 0.308. The highest BCUT2D eigenvalue weighted by molar-refractivity contribution is 5.12. The maximum Gasteiger partial charge on any atom is 0.0622 e. The van der Waals surface area contributed by atoms with Crippen LogP contribution in [0.1, 0.15) is 31.4 Å². The second-order valence-corrected chi connectivity index (χ2v) is 3.22. The van der Waals surface area contributed by atoms with Crippen molar-refractivity contribution < 1.29 is 0 Å². The molecule has 1 aromatic heterocycles. The van der Waals surface area contributed by atoms with Crippen LogP contribution in [0.3, 0.4) is 0 Å². The second kappa shape index (κ2) is 6.11. The fraction of sp³-hybridized carbons (Fsp3) is 0.455. The molecular formula is C11H15N3. The van der Waals surface area contributed by atoms with Crippen molar-refractivity contribution in [2.24, 2.45) is 0 Å². The summed E-state index contributed by atoms with van der Waals surface area (Å²) in [6.45, 7) is 2.98. The Morgan fingerprint density at radius 2 is 2.50 bits per heavy atom. The highest BCUT2D eigenvalue weighted by atomic mass is 14.9. The van der Waals surface area contributed by atoms with Crippen LogP contribution in [0, 0.1) is 11.3 Å². The average Bonchev–Trinajstić information content (AvgIpc) is 2.25. The van der Waals surface area contributed by atoms with Gasteiger partial charge in [-0.15, -0.1) is 0 Å². The molecule has 0 saturated heterocycles. The maximum absolute atomic E-state index is 8.36. The second-order valence-electron chi connectivity index (χ2n) is 3.22. The first-order chi connectivity index (χ1) is 6.84. The molecule has 1 atom stereocenters. The monoisotopic (exact) mass is 189 g/mol. The van der Waals surface area contributed by atoms with Crippen molar-refractivity contribution in [3.05, 3.63) is 30.1 Å². The van der Waals surface area contributed by atoms with E-state index in [0.29, 0.717) is 12.5 Å². The van der Waals surface area contributed by atoms with Gasteiger partial charge in [0.05, 0.1) is 6.07 Å². The van der Waals surface area contributed by atoms with Crippen LogP contribution in [0.5, 0.6) is 0 Å². The first-order valence-corrected chi connectivity index (χ1v) is 4.85. The van der Waals surface area contributed by atoms with Gasteiger partial charge in [0.1, 0.15) is 0 Å². The number of nitrogens with zero attached hydrogens (tertiary/aromatic N) is 2. The van der Waals surface area contributed by atoms with E-state index in [1.165, 1.54) is 5.56 Å². The largest absolute Gasteiger partial charge is 0.310 e. The summed E-state index contributed by atoms with van der Waals surface area (Å²) in [7, 11) is 0. The number of hydrogen-bond acceptors (Lipinski definition) is 3. The smallest absolute Gasteiger partial charge is 0.0622 e. The molecule has 0 unspecified atom stereocenters. The normalized spacial score (nSPS) is 12.0. The summed E-state index contributed by atoms with van der Waals surface area (Å²) in [4.78, 5) is 4.06. The lowest BCUT2D eigenvalue weighted by Crippen LogP contribution is -2.19. The van der Waals surface area contributed by atoms with Crippen LogP contribution in [0.2, 0.25) is 0 Å². The highest BCUT2D eigenvalue weighted by Gasteiger charge is 2.02. The Hall–Kier alpha value is -1.40. The fourth-order valence-corrected chi connectivity index (χ4v) is 1.24. The van der Waals surface area contributed by atoms with E-state index < -0.39 is 0 Å². The molecule has 0 saturated carbocycles. The van der Waals surface area contributed by atoms with E-state index in [4.69, 9.17) is 5.26 Å². The minimum Gasteiger partial charge on any atom is -0.310 e. The standard InChI is InChI=1S/C11H15N3/c1-10(14-8-3-2-6-12)11-5-4-7-13-9-11/h4-5,7,9-10,14H,2-3,8H2,1H3/t10-/m1/s1. The summed E-state index contributed by atoms with van der Waals surface area (Å²) in [5, 5.41) is 11.7. The van der Waals surface area contributed by atoms with Crippen LogP contribution in [-0.2, 0) is 0 Å². The topological polar surface area (TPSA) is 48.7 Å². The number of unbranched alkanes of at least 4 members (excludes halogenated alkanes) is 1. The number of nitriles is 1. The molecule has 0 aliphatic carbocycles. The summed E-state index contributed by atoms with van der Waals surface area (Å²) in [5.74, 6) is 0. The molecule has 0 aliphatic heterocycles. The Balaban J connectivity index is 2.29. The van der Waals surface area contributed by atoms with Crippen LogP contribution >= 0.6 is 0 Å². The van der Waals surface area contributed by atoms with Gasteiger partial charge in [-0.05, 0) is 31.5 Å². The zero-order chi connectivity index (χ0) is 10.2. The van der Waals surface area contributed by atoms with Gasteiger partial charge >= 0.3 is 0 Å². The lowest BCUT2D eigenvalue weighted by molar-refractivity contribution is 0.560. The molecule has 1 heterocycles. The highest BCUT2D eigenvalue weighted by Crippen LogP contribution is 2.09. The minimum atomic E-state index is 0.308. The molecule has 14 heavy (non-hydrogen) atoms. The van der Waals surface area contributed by atoms with E-state index in [0.717, 1.165) is 13.0 Å². The number of rotatable bonds is 5. The summed E-state index contributed by atoms with van der Waals surface area (Å²) in [5.41, 5.74) is 1.18. The van der Waals surface area contributed by atoms with Crippen molar-refractivity contribution in [2.75, 3.05) is 6.54 Å². The van der Waals surface area contributed by atoms with Gasteiger partial charge in [-0.1, -0.05) is 6.07 Å². The Bertz CT molecular complexity index is 289. The molecule has 0 fully saturated rings. The number of aromatic nitrogens is 1. The maximum atomic E-state index is 8.36. The third kappa shape index (κ3) is 3.55. The lowest BCUT2D eigenvalue weighted by Gasteiger charge is -2.12. The molecule has 1 aromatic rings. The zero-order valence-corrected chi connectivity index (χ0v) is 8.40. The molecular weight excluding hydrogens is 174 g/mol. The summed E-state index contributed by atoms with van der Waals surface area (Å²) >= 11 is 0. The zero-order valence-electron chi connectivity index (χ0n) is 8.40. The summed E-state index contributed by atoms with van der Waals surface area (Å²) in [6.07, 6.45) is 5.15. The van der Waals surface area contributed by atoms with Crippen molar-refractivity contribution in [2.45, 2.75) is 25.8 Å². The molecule has 0 bridgehead atoms. The van der Waals surface area contributed by atoms with E-state index in [-0.39, 0.29) is 0 Å². The number of pyridine rings is 1.